The molecule has 142 valence electrons. The number of benzene rings is 2. The summed E-state index contributed by atoms with van der Waals surface area (Å²) in [6.07, 6.45) is 11.6. The van der Waals surface area contributed by atoms with E-state index in [2.05, 4.69) is 72.5 Å². The van der Waals surface area contributed by atoms with Crippen molar-refractivity contribution in [3.8, 4) is 22.8 Å². The summed E-state index contributed by atoms with van der Waals surface area (Å²) in [4.78, 5) is 4.67. The van der Waals surface area contributed by atoms with Crippen LogP contribution in [0.5, 0.6) is 0 Å². The summed E-state index contributed by atoms with van der Waals surface area (Å²) < 4.78 is 5.60. The van der Waals surface area contributed by atoms with Crippen molar-refractivity contribution in [3.05, 3.63) is 64.7 Å². The van der Waals surface area contributed by atoms with Crippen molar-refractivity contribution in [1.29, 1.82) is 0 Å². The predicted octanol–water partition coefficient (Wildman–Crippen LogP) is 6.71. The van der Waals surface area contributed by atoms with Gasteiger partial charge in [0.15, 0.2) is 0 Å². The summed E-state index contributed by atoms with van der Waals surface area (Å²) in [5.41, 5.74) is 7.18. The fourth-order valence-corrected chi connectivity index (χ4v) is 4.93. The van der Waals surface area contributed by atoms with Gasteiger partial charge in [0.25, 0.3) is 5.89 Å². The lowest BCUT2D eigenvalue weighted by Gasteiger charge is -2.27. The SMILES string of the molecule is Cc1cc(C)cc(-c2noc(-c3ccc4c(c3)C=CC4C3CCCCC3)n2)c1. The van der Waals surface area contributed by atoms with E-state index in [1.165, 1.54) is 54.4 Å². The molecule has 0 amide bonds. The molecule has 2 aromatic carbocycles. The van der Waals surface area contributed by atoms with Gasteiger partial charge in [0.1, 0.15) is 0 Å². The van der Waals surface area contributed by atoms with E-state index in [9.17, 15) is 0 Å². The average molecular weight is 370 g/mol. The Kier molecular flexibility index (Phi) is 4.38. The first-order valence-corrected chi connectivity index (χ1v) is 10.4. The number of rotatable bonds is 3. The summed E-state index contributed by atoms with van der Waals surface area (Å²) in [5.74, 6) is 2.62. The lowest BCUT2D eigenvalue weighted by molar-refractivity contribution is 0.334. The Labute approximate surface area is 166 Å². The number of allylic oxidation sites excluding steroid dienone is 1. The van der Waals surface area contributed by atoms with Crippen molar-refractivity contribution in [2.45, 2.75) is 51.9 Å². The van der Waals surface area contributed by atoms with E-state index in [1.54, 1.807) is 0 Å². The molecule has 3 aromatic rings. The monoisotopic (exact) mass is 370 g/mol. The van der Waals surface area contributed by atoms with Crippen molar-refractivity contribution in [1.82, 2.24) is 10.1 Å². The second-order valence-corrected chi connectivity index (χ2v) is 8.43. The lowest BCUT2D eigenvalue weighted by atomic mass is 9.78. The molecule has 1 fully saturated rings. The Hall–Kier alpha value is -2.68. The minimum atomic E-state index is 0.581. The first kappa shape index (κ1) is 17.4. The highest BCUT2D eigenvalue weighted by Crippen LogP contribution is 2.43. The largest absolute Gasteiger partial charge is 0.334 e. The van der Waals surface area contributed by atoms with Crippen LogP contribution in [0.2, 0.25) is 0 Å². The molecule has 3 nitrogen and oxygen atoms in total. The molecular formula is C25H26N2O. The molecule has 3 heteroatoms. The number of hydrogen-bond donors (Lipinski definition) is 0. The third-order valence-electron chi connectivity index (χ3n) is 6.24. The second kappa shape index (κ2) is 7.05. The van der Waals surface area contributed by atoms with Crippen molar-refractivity contribution in [2.24, 2.45) is 5.92 Å². The summed E-state index contributed by atoms with van der Waals surface area (Å²) >= 11 is 0. The van der Waals surface area contributed by atoms with Gasteiger partial charge >= 0.3 is 0 Å². The van der Waals surface area contributed by atoms with Gasteiger partial charge < -0.3 is 4.52 Å². The highest BCUT2D eigenvalue weighted by molar-refractivity contribution is 5.70. The van der Waals surface area contributed by atoms with E-state index < -0.39 is 0 Å². The van der Waals surface area contributed by atoms with Crippen LogP contribution in [0.3, 0.4) is 0 Å². The highest BCUT2D eigenvalue weighted by atomic mass is 16.5. The molecule has 0 aliphatic heterocycles. The van der Waals surface area contributed by atoms with Gasteiger partial charge in [0.2, 0.25) is 5.82 Å². The first-order chi connectivity index (χ1) is 13.7. The molecule has 1 saturated carbocycles. The van der Waals surface area contributed by atoms with Crippen molar-refractivity contribution in [3.63, 3.8) is 0 Å². The molecule has 0 bridgehead atoms. The molecule has 0 spiro atoms. The maximum Gasteiger partial charge on any atom is 0.258 e. The van der Waals surface area contributed by atoms with E-state index in [-0.39, 0.29) is 0 Å². The standard InChI is InChI=1S/C25H26N2O/c1-16-12-17(2)14-21(13-16)24-26-25(28-27-24)20-9-11-23-19(15-20)8-10-22(23)18-6-4-3-5-7-18/h8-15,18,22H,3-7H2,1-2H3. The van der Waals surface area contributed by atoms with E-state index in [4.69, 9.17) is 4.52 Å². The van der Waals surface area contributed by atoms with Crippen molar-refractivity contribution >= 4 is 6.08 Å². The molecule has 28 heavy (non-hydrogen) atoms. The fraction of sp³-hybridized carbons (Fsp3) is 0.360. The van der Waals surface area contributed by atoms with Crippen molar-refractivity contribution in [2.75, 3.05) is 0 Å². The number of aromatic nitrogens is 2. The molecule has 1 aromatic heterocycles. The molecule has 1 atom stereocenters. The molecule has 5 rings (SSSR count). The summed E-state index contributed by atoms with van der Waals surface area (Å²) in [7, 11) is 0. The maximum atomic E-state index is 5.60. The van der Waals surface area contributed by atoms with Crippen LogP contribution in [0.4, 0.5) is 0 Å². The van der Waals surface area contributed by atoms with Crippen LogP contribution < -0.4 is 0 Å². The smallest absolute Gasteiger partial charge is 0.258 e. The molecule has 0 N–H and O–H groups in total. The minimum absolute atomic E-state index is 0.581. The predicted molar refractivity (Wildman–Crippen MR) is 113 cm³/mol. The topological polar surface area (TPSA) is 38.9 Å². The van der Waals surface area contributed by atoms with E-state index >= 15 is 0 Å². The van der Waals surface area contributed by atoms with Gasteiger partial charge in [-0.1, -0.05) is 59.8 Å². The molecular weight excluding hydrogens is 344 g/mol. The average Bonchev–Trinajstić information content (AvgIpc) is 3.35. The Morgan fingerprint density at radius 3 is 2.46 bits per heavy atom. The number of hydrogen-bond acceptors (Lipinski definition) is 3. The van der Waals surface area contributed by atoms with Gasteiger partial charge in [0, 0.05) is 17.0 Å². The fourth-order valence-electron chi connectivity index (χ4n) is 4.93. The minimum Gasteiger partial charge on any atom is -0.334 e. The molecule has 0 saturated heterocycles. The van der Waals surface area contributed by atoms with Crippen molar-refractivity contribution < 1.29 is 4.52 Å². The summed E-state index contributed by atoms with van der Waals surface area (Å²) in [6, 6.07) is 13.0. The van der Waals surface area contributed by atoms with Gasteiger partial charge in [-0.15, -0.1) is 0 Å². The Morgan fingerprint density at radius 2 is 1.68 bits per heavy atom. The summed E-state index contributed by atoms with van der Waals surface area (Å²) in [6.45, 7) is 4.18. The van der Waals surface area contributed by atoms with Crippen LogP contribution in [-0.2, 0) is 0 Å². The zero-order valence-corrected chi connectivity index (χ0v) is 16.6. The van der Waals surface area contributed by atoms with E-state index in [0.717, 1.165) is 17.0 Å². The lowest BCUT2D eigenvalue weighted by Crippen LogP contribution is -2.13. The molecule has 1 heterocycles. The zero-order valence-electron chi connectivity index (χ0n) is 16.6. The van der Waals surface area contributed by atoms with Crippen LogP contribution >= 0.6 is 0 Å². The Morgan fingerprint density at radius 1 is 0.893 bits per heavy atom. The second-order valence-electron chi connectivity index (χ2n) is 8.43. The van der Waals surface area contributed by atoms with Crippen LogP contribution in [0.15, 0.2) is 47.0 Å². The summed E-state index contributed by atoms with van der Waals surface area (Å²) in [5, 5.41) is 4.22. The molecule has 2 aliphatic carbocycles. The van der Waals surface area contributed by atoms with Gasteiger partial charge in [-0.2, -0.15) is 4.98 Å². The Balaban J connectivity index is 1.42. The van der Waals surface area contributed by atoms with Crippen LogP contribution in [-0.4, -0.2) is 10.1 Å². The highest BCUT2D eigenvalue weighted by Gasteiger charge is 2.27. The van der Waals surface area contributed by atoms with E-state index in [0.29, 0.717) is 17.6 Å². The van der Waals surface area contributed by atoms with Gasteiger partial charge in [-0.25, -0.2) is 0 Å². The normalized spacial score (nSPS) is 19.1. The van der Waals surface area contributed by atoms with Gasteiger partial charge in [-0.05, 0) is 68.0 Å². The number of aryl methyl sites for hydroxylation is 2. The van der Waals surface area contributed by atoms with Gasteiger partial charge in [-0.3, -0.25) is 0 Å². The number of nitrogens with zero attached hydrogens (tertiary/aromatic N) is 2. The Bertz CT molecular complexity index is 1020. The third-order valence-corrected chi connectivity index (χ3v) is 6.24. The maximum absolute atomic E-state index is 5.60. The third kappa shape index (κ3) is 3.19. The van der Waals surface area contributed by atoms with Crippen LogP contribution in [0, 0.1) is 19.8 Å². The van der Waals surface area contributed by atoms with Crippen LogP contribution in [0.1, 0.15) is 60.3 Å². The van der Waals surface area contributed by atoms with E-state index in [1.807, 2.05) is 0 Å². The van der Waals surface area contributed by atoms with Gasteiger partial charge in [0.05, 0.1) is 0 Å². The van der Waals surface area contributed by atoms with Crippen LogP contribution in [0.25, 0.3) is 28.9 Å². The zero-order chi connectivity index (χ0) is 19.1. The quantitative estimate of drug-likeness (QED) is 0.514. The molecule has 2 aliphatic rings. The first-order valence-electron chi connectivity index (χ1n) is 10.4. The molecule has 1 unspecified atom stereocenters. The number of fused-ring (bicyclic) bond motifs is 1. The molecule has 0 radical (unpaired) electrons.